The molecule has 1 aromatic rings. The maximum absolute atomic E-state index is 5.53. The average molecular weight is 370 g/mol. The van der Waals surface area contributed by atoms with Gasteiger partial charge in [-0.2, -0.15) is 0 Å². The minimum atomic E-state index is 0. The van der Waals surface area contributed by atoms with Gasteiger partial charge in [-0.25, -0.2) is 0 Å². The molecule has 0 bridgehead atoms. The largest absolute Gasteiger partial charge is 0.472 e. The molecule has 0 unspecified atom stereocenters. The summed E-state index contributed by atoms with van der Waals surface area (Å²) in [5.74, 6) is 0.671. The molecule has 2 aliphatic heterocycles. The predicted molar refractivity (Wildman–Crippen MR) is 110 cm³/mol. The summed E-state index contributed by atoms with van der Waals surface area (Å²) >= 11 is 0. The molecule has 26 heavy (non-hydrogen) atoms. The molecule has 138 valence electrons. The second-order valence-corrected chi connectivity index (χ2v) is 7.54. The lowest BCUT2D eigenvalue weighted by Gasteiger charge is -2.33. The number of benzene rings is 1. The van der Waals surface area contributed by atoms with Crippen molar-refractivity contribution in [3.63, 3.8) is 0 Å². The smallest absolute Gasteiger partial charge is 0.0982 e. The quantitative estimate of drug-likeness (QED) is 0.553. The van der Waals surface area contributed by atoms with E-state index < -0.39 is 0 Å². The SMILES string of the molecule is Cc1cocc2c(C)c(C)c(C3CCN(Cc4ccccc4)CC3)c1-2.Cl. The molecule has 2 nitrogen and oxygen atoms in total. The first-order chi connectivity index (χ1) is 12.1. The van der Waals surface area contributed by atoms with Gasteiger partial charge in [0.05, 0.1) is 12.5 Å². The van der Waals surface area contributed by atoms with Crippen molar-refractivity contribution in [3.8, 4) is 11.1 Å². The van der Waals surface area contributed by atoms with Crippen molar-refractivity contribution >= 4 is 12.4 Å². The number of rotatable bonds is 3. The third kappa shape index (κ3) is 3.41. The molecule has 0 N–H and O–H groups in total. The summed E-state index contributed by atoms with van der Waals surface area (Å²) in [6.45, 7) is 10.1. The monoisotopic (exact) mass is 369 g/mol. The molecule has 0 atom stereocenters. The van der Waals surface area contributed by atoms with Gasteiger partial charge < -0.3 is 4.42 Å². The molecule has 3 heteroatoms. The summed E-state index contributed by atoms with van der Waals surface area (Å²) in [6, 6.07) is 10.8. The van der Waals surface area contributed by atoms with E-state index in [0.717, 1.165) is 6.54 Å². The lowest BCUT2D eigenvalue weighted by Crippen LogP contribution is -2.32. The highest BCUT2D eigenvalue weighted by Crippen LogP contribution is 2.45. The molecular weight excluding hydrogens is 342 g/mol. The molecule has 1 fully saturated rings. The first-order valence-electron chi connectivity index (χ1n) is 9.37. The lowest BCUT2D eigenvalue weighted by atomic mass is 9.85. The molecule has 0 saturated carbocycles. The highest BCUT2D eigenvalue weighted by Gasteiger charge is 2.29. The first-order valence-corrected chi connectivity index (χ1v) is 9.37. The molecule has 1 saturated heterocycles. The maximum atomic E-state index is 5.53. The minimum Gasteiger partial charge on any atom is -0.472 e. The Morgan fingerprint density at radius 2 is 1.65 bits per heavy atom. The summed E-state index contributed by atoms with van der Waals surface area (Å²) in [4.78, 5) is 2.60. The van der Waals surface area contributed by atoms with Crippen LogP contribution in [0.4, 0.5) is 0 Å². The molecule has 0 spiro atoms. The van der Waals surface area contributed by atoms with E-state index in [0.29, 0.717) is 5.92 Å². The van der Waals surface area contributed by atoms with E-state index in [1.807, 2.05) is 12.5 Å². The van der Waals surface area contributed by atoms with Crippen molar-refractivity contribution in [1.82, 2.24) is 4.90 Å². The molecule has 3 aliphatic rings. The van der Waals surface area contributed by atoms with Gasteiger partial charge in [0.15, 0.2) is 0 Å². The number of fused-ring (bicyclic) bond motifs is 1. The second-order valence-electron chi connectivity index (χ2n) is 7.54. The number of aryl methyl sites for hydroxylation is 1. The van der Waals surface area contributed by atoms with Crippen LogP contribution in [-0.2, 0) is 6.54 Å². The molecule has 0 radical (unpaired) electrons. The molecule has 0 amide bonds. The zero-order valence-electron chi connectivity index (χ0n) is 15.9. The molecule has 1 aromatic carbocycles. The number of hydrogen-bond acceptors (Lipinski definition) is 2. The number of halogens is 1. The third-order valence-corrected chi connectivity index (χ3v) is 5.98. The van der Waals surface area contributed by atoms with E-state index in [1.54, 1.807) is 5.56 Å². The predicted octanol–water partition coefficient (Wildman–Crippen LogP) is 6.11. The number of hydrogen-bond donors (Lipinski definition) is 0. The molecule has 1 aliphatic carbocycles. The van der Waals surface area contributed by atoms with Crippen LogP contribution in [0.1, 0.15) is 46.6 Å². The van der Waals surface area contributed by atoms with E-state index in [-0.39, 0.29) is 12.4 Å². The number of piperidine rings is 1. The van der Waals surface area contributed by atoms with Crippen LogP contribution in [0.5, 0.6) is 0 Å². The van der Waals surface area contributed by atoms with Crippen LogP contribution in [0.2, 0.25) is 0 Å². The zero-order valence-corrected chi connectivity index (χ0v) is 16.7. The van der Waals surface area contributed by atoms with Crippen LogP contribution in [0.25, 0.3) is 11.1 Å². The Balaban J connectivity index is 0.00000196. The summed E-state index contributed by atoms with van der Waals surface area (Å²) in [5.41, 5.74) is 9.90. The van der Waals surface area contributed by atoms with Gasteiger partial charge in [0.25, 0.3) is 0 Å². The second kappa shape index (κ2) is 7.85. The highest BCUT2D eigenvalue weighted by atomic mass is 35.5. The minimum absolute atomic E-state index is 0. The lowest BCUT2D eigenvalue weighted by molar-refractivity contribution is 0.204. The van der Waals surface area contributed by atoms with Gasteiger partial charge in [0.1, 0.15) is 0 Å². The third-order valence-electron chi connectivity index (χ3n) is 5.98. The Morgan fingerprint density at radius 1 is 0.962 bits per heavy atom. The topological polar surface area (TPSA) is 16.4 Å². The normalized spacial score (nSPS) is 16.0. The van der Waals surface area contributed by atoms with E-state index in [1.165, 1.54) is 59.3 Å². The van der Waals surface area contributed by atoms with E-state index in [9.17, 15) is 0 Å². The maximum Gasteiger partial charge on any atom is 0.0982 e. The van der Waals surface area contributed by atoms with Crippen LogP contribution in [0.15, 0.2) is 47.3 Å². The van der Waals surface area contributed by atoms with Crippen LogP contribution < -0.4 is 0 Å². The molecule has 2 heterocycles. The van der Waals surface area contributed by atoms with E-state index in [2.05, 4.69) is 56.0 Å². The van der Waals surface area contributed by atoms with Gasteiger partial charge in [-0.05, 0) is 86.0 Å². The van der Waals surface area contributed by atoms with Gasteiger partial charge in [0.2, 0.25) is 0 Å². The van der Waals surface area contributed by atoms with Gasteiger partial charge >= 0.3 is 0 Å². The van der Waals surface area contributed by atoms with Crippen molar-refractivity contribution in [3.05, 3.63) is 70.7 Å². The molecule has 0 aromatic heterocycles. The van der Waals surface area contributed by atoms with Crippen LogP contribution in [-0.4, -0.2) is 18.0 Å². The summed E-state index contributed by atoms with van der Waals surface area (Å²) in [6.07, 6.45) is 6.32. The summed E-state index contributed by atoms with van der Waals surface area (Å²) < 4.78 is 5.53. The van der Waals surface area contributed by atoms with Crippen LogP contribution in [0, 0.1) is 20.8 Å². The Labute approximate surface area is 163 Å². The van der Waals surface area contributed by atoms with Gasteiger partial charge in [-0.3, -0.25) is 4.90 Å². The Morgan fingerprint density at radius 3 is 2.35 bits per heavy atom. The van der Waals surface area contributed by atoms with E-state index >= 15 is 0 Å². The molecule has 4 rings (SSSR count). The van der Waals surface area contributed by atoms with Gasteiger partial charge in [0, 0.05) is 12.1 Å². The van der Waals surface area contributed by atoms with Gasteiger partial charge in [-0.15, -0.1) is 12.4 Å². The van der Waals surface area contributed by atoms with Crippen molar-refractivity contribution in [2.24, 2.45) is 0 Å². The Kier molecular flexibility index (Phi) is 5.74. The highest BCUT2D eigenvalue weighted by molar-refractivity contribution is 5.85. The van der Waals surface area contributed by atoms with Crippen LogP contribution in [0.3, 0.4) is 0 Å². The fourth-order valence-electron chi connectivity index (χ4n) is 4.49. The van der Waals surface area contributed by atoms with E-state index in [4.69, 9.17) is 4.42 Å². The van der Waals surface area contributed by atoms with Gasteiger partial charge in [-0.1, -0.05) is 30.3 Å². The average Bonchev–Trinajstić information content (AvgIpc) is 2.89. The number of likely N-dealkylation sites (tertiary alicyclic amines) is 1. The van der Waals surface area contributed by atoms with Crippen molar-refractivity contribution < 1.29 is 4.42 Å². The van der Waals surface area contributed by atoms with Crippen molar-refractivity contribution in [2.75, 3.05) is 13.1 Å². The van der Waals surface area contributed by atoms with Crippen LogP contribution >= 0.6 is 12.4 Å². The fraction of sp³-hybridized carbons (Fsp3) is 0.391. The zero-order chi connectivity index (χ0) is 17.4. The summed E-state index contributed by atoms with van der Waals surface area (Å²) in [5, 5.41) is 0. The Hall–Kier alpha value is -1.77. The fourth-order valence-corrected chi connectivity index (χ4v) is 4.49. The first kappa shape index (κ1) is 19.0. The van der Waals surface area contributed by atoms with Crippen molar-refractivity contribution in [1.29, 1.82) is 0 Å². The standard InChI is InChI=1S/C23H27NO.ClH/c1-16-14-25-15-21-17(2)18(3)23(22(16)21)20-9-11-24(12-10-20)13-19-7-5-4-6-8-19;/h4-8,14-15,20H,9-13H2,1-3H3;1H. The van der Waals surface area contributed by atoms with Crippen molar-refractivity contribution in [2.45, 2.75) is 46.1 Å². The summed E-state index contributed by atoms with van der Waals surface area (Å²) in [7, 11) is 0. The number of nitrogens with zero attached hydrogens (tertiary/aromatic N) is 1. The molecular formula is C23H28ClNO. The Bertz CT molecular complexity index is 831.